The molecule has 1 amide bonds. The second kappa shape index (κ2) is 4.65. The van der Waals surface area contributed by atoms with Gasteiger partial charge in [-0.2, -0.15) is 0 Å². The number of rotatable bonds is 2. The standard InChI is InChI=1S/C11H13N3O/c15-11-5-3-9-14(11)8-2-1-4-10-12-6-7-13-10/h6-7H,3-5,8-9H2,(H,12,13). The highest BCUT2D eigenvalue weighted by Crippen LogP contribution is 2.07. The lowest BCUT2D eigenvalue weighted by atomic mass is 10.4. The van der Waals surface area contributed by atoms with E-state index in [4.69, 9.17) is 0 Å². The van der Waals surface area contributed by atoms with E-state index < -0.39 is 0 Å². The highest BCUT2D eigenvalue weighted by Gasteiger charge is 2.18. The average Bonchev–Trinajstić information content (AvgIpc) is 2.85. The molecule has 1 aliphatic heterocycles. The Bertz CT molecular complexity index is 386. The number of hydrogen-bond acceptors (Lipinski definition) is 2. The lowest BCUT2D eigenvalue weighted by Gasteiger charge is -2.09. The van der Waals surface area contributed by atoms with Gasteiger partial charge in [0.05, 0.1) is 13.0 Å². The Morgan fingerprint density at radius 1 is 1.53 bits per heavy atom. The molecule has 0 atom stereocenters. The van der Waals surface area contributed by atoms with E-state index in [0.717, 1.165) is 18.8 Å². The molecule has 0 bridgehead atoms. The molecule has 1 N–H and O–H groups in total. The zero-order valence-corrected chi connectivity index (χ0v) is 8.49. The number of H-pyrrole nitrogens is 1. The van der Waals surface area contributed by atoms with Gasteiger partial charge in [-0.3, -0.25) is 4.79 Å². The number of nitrogens with one attached hydrogen (secondary N) is 1. The summed E-state index contributed by atoms with van der Waals surface area (Å²) >= 11 is 0. The largest absolute Gasteiger partial charge is 0.348 e. The van der Waals surface area contributed by atoms with Gasteiger partial charge >= 0.3 is 0 Å². The van der Waals surface area contributed by atoms with E-state index in [2.05, 4.69) is 21.8 Å². The number of carbonyl (C=O) groups excluding carboxylic acids is 1. The minimum Gasteiger partial charge on any atom is -0.348 e. The number of aromatic nitrogens is 2. The first kappa shape index (κ1) is 9.78. The van der Waals surface area contributed by atoms with Crippen LogP contribution in [0, 0.1) is 11.8 Å². The van der Waals surface area contributed by atoms with E-state index in [0.29, 0.717) is 19.4 Å². The molecular formula is C11H13N3O. The summed E-state index contributed by atoms with van der Waals surface area (Å²) in [6.07, 6.45) is 5.76. The second-order valence-electron chi connectivity index (χ2n) is 3.49. The Hall–Kier alpha value is -1.76. The van der Waals surface area contributed by atoms with Crippen molar-refractivity contribution >= 4 is 5.91 Å². The van der Waals surface area contributed by atoms with Crippen molar-refractivity contribution in [3.63, 3.8) is 0 Å². The van der Waals surface area contributed by atoms with Crippen LogP contribution in [0.25, 0.3) is 0 Å². The smallest absolute Gasteiger partial charge is 0.223 e. The number of imidazole rings is 1. The molecule has 2 heterocycles. The van der Waals surface area contributed by atoms with Gasteiger partial charge in [-0.25, -0.2) is 4.98 Å². The maximum Gasteiger partial charge on any atom is 0.223 e. The quantitative estimate of drug-likeness (QED) is 0.715. The van der Waals surface area contributed by atoms with Crippen LogP contribution in [0.1, 0.15) is 18.7 Å². The van der Waals surface area contributed by atoms with Crippen molar-refractivity contribution < 1.29 is 4.79 Å². The molecule has 0 radical (unpaired) electrons. The van der Waals surface area contributed by atoms with Gasteiger partial charge in [0.15, 0.2) is 0 Å². The van der Waals surface area contributed by atoms with Crippen molar-refractivity contribution in [2.45, 2.75) is 19.3 Å². The van der Waals surface area contributed by atoms with Gasteiger partial charge < -0.3 is 9.88 Å². The molecule has 4 nitrogen and oxygen atoms in total. The van der Waals surface area contributed by atoms with Crippen molar-refractivity contribution in [1.82, 2.24) is 14.9 Å². The maximum absolute atomic E-state index is 11.2. The Morgan fingerprint density at radius 2 is 2.47 bits per heavy atom. The summed E-state index contributed by atoms with van der Waals surface area (Å²) in [6.45, 7) is 1.41. The Kier molecular flexibility index (Phi) is 3.03. The molecule has 0 aromatic carbocycles. The average molecular weight is 203 g/mol. The highest BCUT2D eigenvalue weighted by atomic mass is 16.2. The zero-order chi connectivity index (χ0) is 10.5. The van der Waals surface area contributed by atoms with Gasteiger partial charge in [-0.05, 0) is 6.42 Å². The van der Waals surface area contributed by atoms with Gasteiger partial charge in [-0.1, -0.05) is 11.8 Å². The van der Waals surface area contributed by atoms with E-state index in [1.165, 1.54) is 0 Å². The maximum atomic E-state index is 11.2. The number of hydrogen-bond donors (Lipinski definition) is 1. The zero-order valence-electron chi connectivity index (χ0n) is 8.49. The third-order valence-corrected chi connectivity index (χ3v) is 2.38. The minimum atomic E-state index is 0.224. The lowest BCUT2D eigenvalue weighted by Crippen LogP contribution is -2.24. The fourth-order valence-corrected chi connectivity index (χ4v) is 1.56. The van der Waals surface area contributed by atoms with Gasteiger partial charge in [-0.15, -0.1) is 0 Å². The number of likely N-dealkylation sites (tertiary alicyclic amines) is 1. The summed E-state index contributed by atoms with van der Waals surface area (Å²) in [4.78, 5) is 20.1. The van der Waals surface area contributed by atoms with E-state index in [1.54, 1.807) is 17.3 Å². The van der Waals surface area contributed by atoms with Crippen LogP contribution < -0.4 is 0 Å². The van der Waals surface area contributed by atoms with E-state index >= 15 is 0 Å². The number of carbonyl (C=O) groups is 1. The Labute approximate surface area is 88.7 Å². The monoisotopic (exact) mass is 203 g/mol. The molecule has 0 aliphatic carbocycles. The van der Waals surface area contributed by atoms with Crippen molar-refractivity contribution in [3.8, 4) is 11.8 Å². The van der Waals surface area contributed by atoms with Gasteiger partial charge in [0.2, 0.25) is 5.91 Å². The molecule has 1 aromatic rings. The SMILES string of the molecule is O=C1CCCN1CC#CCc1ncc[nH]1. The van der Waals surface area contributed by atoms with Crippen LogP contribution in [-0.2, 0) is 11.2 Å². The summed E-state index contributed by atoms with van der Waals surface area (Å²) < 4.78 is 0. The van der Waals surface area contributed by atoms with E-state index in [9.17, 15) is 4.79 Å². The minimum absolute atomic E-state index is 0.224. The molecule has 1 saturated heterocycles. The molecule has 1 aromatic heterocycles. The van der Waals surface area contributed by atoms with Crippen LogP contribution >= 0.6 is 0 Å². The van der Waals surface area contributed by atoms with E-state index in [-0.39, 0.29) is 5.91 Å². The molecule has 0 saturated carbocycles. The summed E-state index contributed by atoms with van der Waals surface area (Å²) in [5.74, 6) is 7.08. The van der Waals surface area contributed by atoms with Crippen LogP contribution in [0.2, 0.25) is 0 Å². The van der Waals surface area contributed by atoms with Crippen molar-refractivity contribution in [2.24, 2.45) is 0 Å². The molecule has 0 spiro atoms. The van der Waals surface area contributed by atoms with Crippen molar-refractivity contribution in [2.75, 3.05) is 13.1 Å². The molecular weight excluding hydrogens is 190 g/mol. The molecule has 78 valence electrons. The predicted octanol–water partition coefficient (Wildman–Crippen LogP) is 0.578. The molecule has 15 heavy (non-hydrogen) atoms. The lowest BCUT2D eigenvalue weighted by molar-refractivity contribution is -0.127. The van der Waals surface area contributed by atoms with E-state index in [1.807, 2.05) is 0 Å². The van der Waals surface area contributed by atoms with Crippen LogP contribution in [0.15, 0.2) is 12.4 Å². The third kappa shape index (κ3) is 2.59. The fraction of sp³-hybridized carbons (Fsp3) is 0.455. The normalized spacial score (nSPS) is 15.2. The second-order valence-corrected chi connectivity index (χ2v) is 3.49. The van der Waals surface area contributed by atoms with Gasteiger partial charge in [0.1, 0.15) is 5.82 Å². The number of nitrogens with zero attached hydrogens (tertiary/aromatic N) is 2. The highest BCUT2D eigenvalue weighted by molar-refractivity contribution is 5.78. The van der Waals surface area contributed by atoms with Gasteiger partial charge in [0, 0.05) is 25.4 Å². The topological polar surface area (TPSA) is 49.0 Å². The summed E-state index contributed by atoms with van der Waals surface area (Å²) in [6, 6.07) is 0. The van der Waals surface area contributed by atoms with Crippen molar-refractivity contribution in [3.05, 3.63) is 18.2 Å². The van der Waals surface area contributed by atoms with Crippen LogP contribution in [0.5, 0.6) is 0 Å². The predicted molar refractivity (Wildman–Crippen MR) is 55.9 cm³/mol. The number of aromatic amines is 1. The molecule has 0 unspecified atom stereocenters. The molecule has 4 heteroatoms. The summed E-state index contributed by atoms with van der Waals surface area (Å²) in [5.41, 5.74) is 0. The third-order valence-electron chi connectivity index (χ3n) is 2.38. The first-order valence-electron chi connectivity index (χ1n) is 5.08. The summed E-state index contributed by atoms with van der Waals surface area (Å²) in [7, 11) is 0. The van der Waals surface area contributed by atoms with Crippen LogP contribution in [0.3, 0.4) is 0 Å². The molecule has 2 rings (SSSR count). The summed E-state index contributed by atoms with van der Waals surface area (Å²) in [5, 5.41) is 0. The first-order chi connectivity index (χ1) is 7.36. The molecule has 1 fully saturated rings. The van der Waals surface area contributed by atoms with Gasteiger partial charge in [0.25, 0.3) is 0 Å². The molecule has 1 aliphatic rings. The first-order valence-corrected chi connectivity index (χ1v) is 5.08. The number of amides is 1. The Balaban J connectivity index is 1.78. The van der Waals surface area contributed by atoms with Crippen molar-refractivity contribution in [1.29, 1.82) is 0 Å². The van der Waals surface area contributed by atoms with Crippen LogP contribution in [0.4, 0.5) is 0 Å². The Morgan fingerprint density at radius 3 is 3.13 bits per heavy atom. The fourth-order valence-electron chi connectivity index (χ4n) is 1.56. The van der Waals surface area contributed by atoms with Crippen LogP contribution in [-0.4, -0.2) is 33.9 Å².